The van der Waals surface area contributed by atoms with E-state index < -0.39 is 29.7 Å². The summed E-state index contributed by atoms with van der Waals surface area (Å²) in [6.45, 7) is 2.70. The molecule has 0 saturated carbocycles. The highest BCUT2D eigenvalue weighted by Gasteiger charge is 2.30. The van der Waals surface area contributed by atoms with Crippen molar-refractivity contribution in [2.24, 2.45) is 0 Å². The predicted molar refractivity (Wildman–Crippen MR) is 95.7 cm³/mol. The third kappa shape index (κ3) is 5.83. The van der Waals surface area contributed by atoms with Gasteiger partial charge in [-0.3, -0.25) is 9.59 Å². The first-order valence-corrected chi connectivity index (χ1v) is 8.13. The van der Waals surface area contributed by atoms with E-state index in [0.29, 0.717) is 11.4 Å². The summed E-state index contributed by atoms with van der Waals surface area (Å²) in [5.74, 6) is -1.77. The third-order valence-corrected chi connectivity index (χ3v) is 3.57. The Morgan fingerprint density at radius 3 is 1.86 bits per heavy atom. The second kappa shape index (κ2) is 8.55. The molecule has 2 aromatic carbocycles. The molecule has 0 radical (unpaired) electrons. The number of benzene rings is 2. The van der Waals surface area contributed by atoms with E-state index >= 15 is 0 Å². The van der Waals surface area contributed by atoms with E-state index in [0.717, 1.165) is 24.3 Å². The van der Waals surface area contributed by atoms with Gasteiger partial charge in [0.2, 0.25) is 5.91 Å². The molecule has 2 rings (SSSR count). The van der Waals surface area contributed by atoms with Gasteiger partial charge in [0, 0.05) is 18.3 Å². The number of rotatable bonds is 5. The molecular formula is C19H17F3N2O4. The fraction of sp³-hybridized carbons (Fsp3) is 0.211. The molecule has 0 bridgehead atoms. The number of alkyl halides is 3. The van der Waals surface area contributed by atoms with Crippen LogP contribution in [0.3, 0.4) is 0 Å². The lowest BCUT2D eigenvalue weighted by Gasteiger charge is -2.14. The van der Waals surface area contributed by atoms with Crippen molar-refractivity contribution in [3.8, 4) is 0 Å². The minimum absolute atomic E-state index is 0.104. The summed E-state index contributed by atoms with van der Waals surface area (Å²) >= 11 is 0. The number of hydrogen-bond donors (Lipinski definition) is 2. The third-order valence-electron chi connectivity index (χ3n) is 3.57. The number of carbonyl (C=O) groups is 3. The van der Waals surface area contributed by atoms with Crippen molar-refractivity contribution in [3.05, 3.63) is 59.7 Å². The second-order valence-electron chi connectivity index (χ2n) is 5.87. The van der Waals surface area contributed by atoms with E-state index in [1.54, 1.807) is 24.3 Å². The summed E-state index contributed by atoms with van der Waals surface area (Å²) < 4.78 is 42.6. The fourth-order valence-electron chi connectivity index (χ4n) is 2.16. The SMILES string of the molecule is CC(=O)Nc1ccc(NC(=O)[C@@H](C)OC(=O)c2ccc(C(F)(F)F)cc2)cc1. The lowest BCUT2D eigenvalue weighted by molar-refractivity contribution is -0.137. The quantitative estimate of drug-likeness (QED) is 0.755. The van der Waals surface area contributed by atoms with Gasteiger partial charge in [0.1, 0.15) is 0 Å². The van der Waals surface area contributed by atoms with Gasteiger partial charge in [-0.25, -0.2) is 4.79 Å². The molecule has 0 aliphatic carbocycles. The molecule has 2 amide bonds. The van der Waals surface area contributed by atoms with Gasteiger partial charge in [-0.15, -0.1) is 0 Å². The maximum Gasteiger partial charge on any atom is 0.416 e. The lowest BCUT2D eigenvalue weighted by Crippen LogP contribution is -2.30. The average Bonchev–Trinajstić information content (AvgIpc) is 2.62. The molecule has 148 valence electrons. The zero-order valence-electron chi connectivity index (χ0n) is 15.0. The number of nitrogens with one attached hydrogen (secondary N) is 2. The van der Waals surface area contributed by atoms with Crippen molar-refractivity contribution < 1.29 is 32.3 Å². The minimum Gasteiger partial charge on any atom is -0.449 e. The van der Waals surface area contributed by atoms with Crippen LogP contribution in [0, 0.1) is 0 Å². The Morgan fingerprint density at radius 2 is 1.39 bits per heavy atom. The monoisotopic (exact) mass is 394 g/mol. The van der Waals surface area contributed by atoms with E-state index in [1.165, 1.54) is 13.8 Å². The fourth-order valence-corrected chi connectivity index (χ4v) is 2.16. The molecule has 9 heteroatoms. The first-order valence-electron chi connectivity index (χ1n) is 8.13. The first kappa shape index (κ1) is 20.9. The molecule has 0 fully saturated rings. The van der Waals surface area contributed by atoms with Crippen LogP contribution in [0.15, 0.2) is 48.5 Å². The summed E-state index contributed by atoms with van der Waals surface area (Å²) in [7, 11) is 0. The van der Waals surface area contributed by atoms with Crippen LogP contribution >= 0.6 is 0 Å². The van der Waals surface area contributed by atoms with Gasteiger partial charge in [0.25, 0.3) is 5.91 Å². The van der Waals surface area contributed by atoms with Crippen LogP contribution in [0.1, 0.15) is 29.8 Å². The summed E-state index contributed by atoms with van der Waals surface area (Å²) in [6.07, 6.45) is -5.68. The lowest BCUT2D eigenvalue weighted by atomic mass is 10.1. The molecule has 0 aliphatic rings. The van der Waals surface area contributed by atoms with Gasteiger partial charge >= 0.3 is 12.1 Å². The van der Waals surface area contributed by atoms with Crippen molar-refractivity contribution in [1.29, 1.82) is 0 Å². The van der Waals surface area contributed by atoms with Crippen LogP contribution in [0.25, 0.3) is 0 Å². The molecule has 0 heterocycles. The van der Waals surface area contributed by atoms with Crippen molar-refractivity contribution in [2.75, 3.05) is 10.6 Å². The van der Waals surface area contributed by atoms with E-state index in [1.807, 2.05) is 0 Å². The summed E-state index contributed by atoms with van der Waals surface area (Å²) in [5, 5.41) is 5.10. The van der Waals surface area contributed by atoms with Crippen LogP contribution in [-0.2, 0) is 20.5 Å². The number of carbonyl (C=O) groups excluding carboxylic acids is 3. The molecule has 1 atom stereocenters. The van der Waals surface area contributed by atoms with Gasteiger partial charge in [-0.05, 0) is 55.5 Å². The Balaban J connectivity index is 1.94. The standard InChI is InChI=1S/C19H17F3N2O4/c1-11(17(26)24-16-9-7-15(8-10-16)23-12(2)25)28-18(27)13-3-5-14(6-4-13)19(20,21)22/h3-11H,1-2H3,(H,23,25)(H,24,26)/t11-/m1/s1. The molecule has 2 N–H and O–H groups in total. The molecule has 6 nitrogen and oxygen atoms in total. The molecule has 0 saturated heterocycles. The molecule has 28 heavy (non-hydrogen) atoms. The van der Waals surface area contributed by atoms with Gasteiger partial charge in [0.05, 0.1) is 11.1 Å². The van der Waals surface area contributed by atoms with Crippen LogP contribution in [0.4, 0.5) is 24.5 Å². The molecule has 0 aliphatic heterocycles. The van der Waals surface area contributed by atoms with Crippen molar-refractivity contribution in [2.45, 2.75) is 26.1 Å². The van der Waals surface area contributed by atoms with E-state index in [-0.39, 0.29) is 11.5 Å². The molecule has 0 spiro atoms. The predicted octanol–water partition coefficient (Wildman–Crippen LogP) is 3.85. The maximum absolute atomic E-state index is 12.5. The molecule has 0 unspecified atom stereocenters. The topological polar surface area (TPSA) is 84.5 Å². The highest BCUT2D eigenvalue weighted by atomic mass is 19.4. The Kier molecular flexibility index (Phi) is 6.40. The smallest absolute Gasteiger partial charge is 0.416 e. The summed E-state index contributed by atoms with van der Waals surface area (Å²) in [6, 6.07) is 9.75. The minimum atomic E-state index is -4.51. The Bertz CT molecular complexity index is 862. The maximum atomic E-state index is 12.5. The van der Waals surface area contributed by atoms with E-state index in [4.69, 9.17) is 4.74 Å². The Labute approximate surface area is 158 Å². The van der Waals surface area contributed by atoms with Crippen LogP contribution in [0.2, 0.25) is 0 Å². The Hall–Kier alpha value is -3.36. The highest BCUT2D eigenvalue weighted by Crippen LogP contribution is 2.29. The molecular weight excluding hydrogens is 377 g/mol. The van der Waals surface area contributed by atoms with Crippen molar-refractivity contribution in [1.82, 2.24) is 0 Å². The zero-order valence-corrected chi connectivity index (χ0v) is 15.0. The number of hydrogen-bond acceptors (Lipinski definition) is 4. The summed E-state index contributed by atoms with van der Waals surface area (Å²) in [4.78, 5) is 35.1. The number of anilines is 2. The van der Waals surface area contributed by atoms with E-state index in [9.17, 15) is 27.6 Å². The average molecular weight is 394 g/mol. The second-order valence-corrected chi connectivity index (χ2v) is 5.87. The highest BCUT2D eigenvalue weighted by molar-refractivity contribution is 5.97. The zero-order chi connectivity index (χ0) is 20.9. The van der Waals surface area contributed by atoms with Crippen LogP contribution in [0.5, 0.6) is 0 Å². The summed E-state index contributed by atoms with van der Waals surface area (Å²) in [5.41, 5.74) is -0.0336. The van der Waals surface area contributed by atoms with Gasteiger partial charge in [-0.2, -0.15) is 13.2 Å². The van der Waals surface area contributed by atoms with Crippen molar-refractivity contribution >= 4 is 29.2 Å². The van der Waals surface area contributed by atoms with Gasteiger partial charge in [0.15, 0.2) is 6.10 Å². The molecule has 0 aromatic heterocycles. The number of amides is 2. The van der Waals surface area contributed by atoms with Gasteiger partial charge in [-0.1, -0.05) is 0 Å². The largest absolute Gasteiger partial charge is 0.449 e. The van der Waals surface area contributed by atoms with Crippen molar-refractivity contribution in [3.63, 3.8) is 0 Å². The number of ether oxygens (including phenoxy) is 1. The normalized spacial score (nSPS) is 12.0. The van der Waals surface area contributed by atoms with E-state index in [2.05, 4.69) is 10.6 Å². The van der Waals surface area contributed by atoms with Crippen LogP contribution in [-0.4, -0.2) is 23.9 Å². The van der Waals surface area contributed by atoms with Gasteiger partial charge < -0.3 is 15.4 Å². The number of halogens is 3. The Morgan fingerprint density at radius 1 is 0.893 bits per heavy atom. The molecule has 2 aromatic rings. The van der Waals surface area contributed by atoms with Crippen LogP contribution < -0.4 is 10.6 Å². The number of esters is 1. The first-order chi connectivity index (χ1) is 13.1.